The van der Waals surface area contributed by atoms with E-state index in [1.165, 1.54) is 16.7 Å². The van der Waals surface area contributed by atoms with Gasteiger partial charge in [-0.1, -0.05) is 42.0 Å². The summed E-state index contributed by atoms with van der Waals surface area (Å²) in [5, 5.41) is 0.602. The molecule has 144 valence electrons. The predicted molar refractivity (Wildman–Crippen MR) is 116 cm³/mol. The first-order chi connectivity index (χ1) is 13.0. The zero-order valence-electron chi connectivity index (χ0n) is 16.6. The molecule has 1 aliphatic rings. The zero-order chi connectivity index (χ0) is 19.2. The standard InChI is InChI=1S/C23H30N2OS/c1-18-4-10-22(11-5-18)26-23(27)25-14-12-20(13-15-25)16-19-6-8-21(9-7-19)17-24(2)3/h4-11,20H,12-17H2,1-3H3. The van der Waals surface area contributed by atoms with Gasteiger partial charge in [-0.2, -0.15) is 0 Å². The minimum atomic E-state index is 0.602. The third-order valence-corrected chi connectivity index (χ3v) is 5.49. The van der Waals surface area contributed by atoms with Gasteiger partial charge in [0.25, 0.3) is 5.17 Å². The Kier molecular flexibility index (Phi) is 6.86. The van der Waals surface area contributed by atoms with Crippen molar-refractivity contribution in [1.29, 1.82) is 0 Å². The smallest absolute Gasteiger partial charge is 0.264 e. The molecule has 1 aliphatic heterocycles. The third kappa shape index (κ3) is 6.05. The normalized spacial score (nSPS) is 15.2. The number of piperidine rings is 1. The van der Waals surface area contributed by atoms with Gasteiger partial charge in [0.15, 0.2) is 0 Å². The highest BCUT2D eigenvalue weighted by atomic mass is 32.1. The van der Waals surface area contributed by atoms with E-state index in [0.29, 0.717) is 5.17 Å². The third-order valence-electron chi connectivity index (χ3n) is 5.15. The van der Waals surface area contributed by atoms with Crippen LogP contribution >= 0.6 is 12.2 Å². The molecule has 0 N–H and O–H groups in total. The van der Waals surface area contributed by atoms with Gasteiger partial charge in [0.2, 0.25) is 0 Å². The van der Waals surface area contributed by atoms with Crippen LogP contribution in [0.2, 0.25) is 0 Å². The number of hydrogen-bond acceptors (Lipinski definition) is 3. The summed E-state index contributed by atoms with van der Waals surface area (Å²) >= 11 is 5.51. The van der Waals surface area contributed by atoms with Gasteiger partial charge >= 0.3 is 0 Å². The minimum absolute atomic E-state index is 0.602. The quantitative estimate of drug-likeness (QED) is 0.698. The van der Waals surface area contributed by atoms with Crippen molar-refractivity contribution in [2.24, 2.45) is 5.92 Å². The fraction of sp³-hybridized carbons (Fsp3) is 0.435. The highest BCUT2D eigenvalue weighted by Gasteiger charge is 2.22. The fourth-order valence-corrected chi connectivity index (χ4v) is 3.85. The van der Waals surface area contributed by atoms with Gasteiger partial charge < -0.3 is 14.5 Å². The van der Waals surface area contributed by atoms with Crippen LogP contribution in [0.4, 0.5) is 0 Å². The first-order valence-corrected chi connectivity index (χ1v) is 10.2. The SMILES string of the molecule is Cc1ccc(OC(=S)N2CCC(Cc3ccc(CN(C)C)cc3)CC2)cc1. The van der Waals surface area contributed by atoms with Crippen molar-refractivity contribution in [1.82, 2.24) is 9.80 Å². The lowest BCUT2D eigenvalue weighted by Crippen LogP contribution is -2.40. The number of benzene rings is 2. The number of rotatable bonds is 5. The van der Waals surface area contributed by atoms with E-state index in [1.54, 1.807) is 0 Å². The summed E-state index contributed by atoms with van der Waals surface area (Å²) in [6.45, 7) is 5.03. The number of nitrogens with zero attached hydrogens (tertiary/aromatic N) is 2. The molecule has 3 nitrogen and oxygen atoms in total. The first-order valence-electron chi connectivity index (χ1n) is 9.75. The molecule has 2 aromatic carbocycles. The van der Waals surface area contributed by atoms with Crippen LogP contribution in [0.25, 0.3) is 0 Å². The van der Waals surface area contributed by atoms with Gasteiger partial charge in [-0.25, -0.2) is 0 Å². The summed E-state index contributed by atoms with van der Waals surface area (Å²) < 4.78 is 5.86. The Morgan fingerprint density at radius 2 is 1.59 bits per heavy atom. The van der Waals surface area contributed by atoms with Crippen molar-refractivity contribution >= 4 is 17.4 Å². The molecule has 0 amide bonds. The Morgan fingerprint density at radius 1 is 1.00 bits per heavy atom. The van der Waals surface area contributed by atoms with Crippen LogP contribution < -0.4 is 4.74 Å². The van der Waals surface area contributed by atoms with E-state index in [-0.39, 0.29) is 0 Å². The Labute approximate surface area is 168 Å². The van der Waals surface area contributed by atoms with Crippen molar-refractivity contribution in [2.45, 2.75) is 32.7 Å². The molecule has 4 heteroatoms. The van der Waals surface area contributed by atoms with Gasteiger partial charge in [0.1, 0.15) is 5.75 Å². The molecule has 2 aromatic rings. The number of likely N-dealkylation sites (tertiary alicyclic amines) is 1. The average Bonchev–Trinajstić information content (AvgIpc) is 2.65. The van der Waals surface area contributed by atoms with E-state index in [2.05, 4.69) is 55.1 Å². The molecule has 1 heterocycles. The van der Waals surface area contributed by atoms with Crippen molar-refractivity contribution < 1.29 is 4.74 Å². The Bertz CT molecular complexity index is 732. The van der Waals surface area contributed by atoms with Gasteiger partial charge in [-0.15, -0.1) is 0 Å². The minimum Gasteiger partial charge on any atom is -0.432 e. The molecule has 0 bridgehead atoms. The lowest BCUT2D eigenvalue weighted by atomic mass is 9.90. The summed E-state index contributed by atoms with van der Waals surface area (Å²) in [6.07, 6.45) is 3.48. The zero-order valence-corrected chi connectivity index (χ0v) is 17.5. The largest absolute Gasteiger partial charge is 0.432 e. The molecule has 3 rings (SSSR count). The molecular weight excluding hydrogens is 352 g/mol. The Hall–Kier alpha value is -1.91. The van der Waals surface area contributed by atoms with Gasteiger partial charge in [-0.05, 0) is 81.7 Å². The lowest BCUT2D eigenvalue weighted by molar-refractivity contribution is 0.242. The summed E-state index contributed by atoms with van der Waals surface area (Å²) in [5.74, 6) is 1.55. The van der Waals surface area contributed by atoms with E-state index in [0.717, 1.165) is 50.6 Å². The monoisotopic (exact) mass is 382 g/mol. The maximum Gasteiger partial charge on any atom is 0.264 e. The summed E-state index contributed by atoms with van der Waals surface area (Å²) in [6, 6.07) is 17.2. The average molecular weight is 383 g/mol. The van der Waals surface area contributed by atoms with Crippen LogP contribution in [0.3, 0.4) is 0 Å². The molecule has 0 spiro atoms. The topological polar surface area (TPSA) is 15.7 Å². The second-order valence-electron chi connectivity index (χ2n) is 7.87. The first kappa shape index (κ1) is 19.8. The molecule has 0 atom stereocenters. The van der Waals surface area contributed by atoms with Gasteiger partial charge in [0.05, 0.1) is 0 Å². The van der Waals surface area contributed by atoms with Crippen LogP contribution in [0, 0.1) is 12.8 Å². The van der Waals surface area contributed by atoms with Crippen molar-refractivity contribution in [3.8, 4) is 5.75 Å². The van der Waals surface area contributed by atoms with E-state index >= 15 is 0 Å². The number of thiocarbonyl (C=S) groups is 1. The van der Waals surface area contributed by atoms with E-state index in [9.17, 15) is 0 Å². The number of ether oxygens (including phenoxy) is 1. The van der Waals surface area contributed by atoms with Crippen LogP contribution in [-0.2, 0) is 13.0 Å². The Balaban J connectivity index is 1.45. The molecule has 0 aliphatic carbocycles. The van der Waals surface area contributed by atoms with E-state index < -0.39 is 0 Å². The van der Waals surface area contributed by atoms with Crippen molar-refractivity contribution in [3.05, 3.63) is 65.2 Å². The molecule has 27 heavy (non-hydrogen) atoms. The second kappa shape index (κ2) is 9.34. The van der Waals surface area contributed by atoms with Crippen LogP contribution in [0.15, 0.2) is 48.5 Å². The summed E-state index contributed by atoms with van der Waals surface area (Å²) in [5.41, 5.74) is 4.04. The van der Waals surface area contributed by atoms with E-state index in [4.69, 9.17) is 17.0 Å². The van der Waals surface area contributed by atoms with Crippen LogP contribution in [0.1, 0.15) is 29.5 Å². The molecule has 0 aromatic heterocycles. The summed E-state index contributed by atoms with van der Waals surface area (Å²) in [7, 11) is 4.21. The predicted octanol–water partition coefficient (Wildman–Crippen LogP) is 4.68. The van der Waals surface area contributed by atoms with Crippen LogP contribution in [-0.4, -0.2) is 42.2 Å². The maximum atomic E-state index is 5.86. The molecule has 0 radical (unpaired) electrons. The summed E-state index contributed by atoms with van der Waals surface area (Å²) in [4.78, 5) is 4.40. The molecule has 0 unspecified atom stereocenters. The van der Waals surface area contributed by atoms with Crippen LogP contribution in [0.5, 0.6) is 5.75 Å². The van der Waals surface area contributed by atoms with Crippen molar-refractivity contribution in [3.63, 3.8) is 0 Å². The van der Waals surface area contributed by atoms with Gasteiger partial charge in [-0.3, -0.25) is 0 Å². The highest BCUT2D eigenvalue weighted by molar-refractivity contribution is 7.80. The molecule has 1 saturated heterocycles. The number of aryl methyl sites for hydroxylation is 1. The fourth-order valence-electron chi connectivity index (χ4n) is 3.57. The van der Waals surface area contributed by atoms with E-state index in [1.807, 2.05) is 24.3 Å². The lowest BCUT2D eigenvalue weighted by Gasteiger charge is -2.33. The maximum absolute atomic E-state index is 5.86. The van der Waals surface area contributed by atoms with Crippen molar-refractivity contribution in [2.75, 3.05) is 27.2 Å². The van der Waals surface area contributed by atoms with Gasteiger partial charge in [0, 0.05) is 19.6 Å². The molecule has 0 saturated carbocycles. The molecular formula is C23H30N2OS. The number of hydrogen-bond donors (Lipinski definition) is 0. The molecule has 1 fully saturated rings. The second-order valence-corrected chi connectivity index (χ2v) is 8.22. The Morgan fingerprint density at radius 3 is 2.19 bits per heavy atom. The highest BCUT2D eigenvalue weighted by Crippen LogP contribution is 2.23.